The van der Waals surface area contributed by atoms with E-state index in [4.69, 9.17) is 4.74 Å². The lowest BCUT2D eigenvalue weighted by molar-refractivity contribution is 0.0817. The van der Waals surface area contributed by atoms with Crippen molar-refractivity contribution in [1.29, 1.82) is 0 Å². The van der Waals surface area contributed by atoms with Gasteiger partial charge in [-0.25, -0.2) is 0 Å². The quantitative estimate of drug-likeness (QED) is 0.897. The predicted molar refractivity (Wildman–Crippen MR) is 70.0 cm³/mol. The monoisotopic (exact) mass is 245 g/mol. The Labute approximate surface area is 105 Å². The van der Waals surface area contributed by atoms with Crippen LogP contribution in [0.15, 0.2) is 41.1 Å². The highest BCUT2D eigenvalue weighted by atomic mass is 32.1. The Bertz CT molecular complexity index is 481. The second kappa shape index (κ2) is 5.00. The van der Waals surface area contributed by atoms with Gasteiger partial charge in [-0.3, -0.25) is 0 Å². The van der Waals surface area contributed by atoms with E-state index in [1.54, 1.807) is 11.3 Å². The van der Waals surface area contributed by atoms with Crippen LogP contribution in [0.25, 0.3) is 0 Å². The van der Waals surface area contributed by atoms with E-state index in [2.05, 4.69) is 46.4 Å². The second-order valence-electron chi connectivity index (χ2n) is 4.28. The first-order chi connectivity index (χ1) is 8.43. The SMILES string of the molecule is c1ccc2c(c1)COCC2NCc1ccsc1. The lowest BCUT2D eigenvalue weighted by atomic mass is 9.99. The van der Waals surface area contributed by atoms with Gasteiger partial charge in [0.15, 0.2) is 0 Å². The summed E-state index contributed by atoms with van der Waals surface area (Å²) in [6, 6.07) is 11.0. The van der Waals surface area contributed by atoms with Gasteiger partial charge in [-0.2, -0.15) is 11.3 Å². The smallest absolute Gasteiger partial charge is 0.0721 e. The number of fused-ring (bicyclic) bond motifs is 1. The van der Waals surface area contributed by atoms with E-state index in [0.717, 1.165) is 19.8 Å². The van der Waals surface area contributed by atoms with Crippen LogP contribution in [0, 0.1) is 0 Å². The van der Waals surface area contributed by atoms with Crippen LogP contribution in [0.4, 0.5) is 0 Å². The molecule has 2 aromatic rings. The van der Waals surface area contributed by atoms with E-state index < -0.39 is 0 Å². The zero-order chi connectivity index (χ0) is 11.5. The Morgan fingerprint density at radius 3 is 3.12 bits per heavy atom. The maximum absolute atomic E-state index is 5.62. The second-order valence-corrected chi connectivity index (χ2v) is 5.06. The average Bonchev–Trinajstić information content (AvgIpc) is 2.89. The van der Waals surface area contributed by atoms with Gasteiger partial charge < -0.3 is 10.1 Å². The minimum absolute atomic E-state index is 0.319. The number of nitrogens with one attached hydrogen (secondary N) is 1. The Morgan fingerprint density at radius 1 is 1.29 bits per heavy atom. The lowest BCUT2D eigenvalue weighted by Crippen LogP contribution is -2.29. The summed E-state index contributed by atoms with van der Waals surface area (Å²) in [7, 11) is 0. The minimum Gasteiger partial charge on any atom is -0.375 e. The molecular formula is C14H15NOS. The summed E-state index contributed by atoms with van der Waals surface area (Å²) in [5, 5.41) is 7.86. The third-order valence-corrected chi connectivity index (χ3v) is 3.84. The molecular weight excluding hydrogens is 230 g/mol. The molecule has 0 bridgehead atoms. The van der Waals surface area contributed by atoms with Gasteiger partial charge in [-0.1, -0.05) is 24.3 Å². The first-order valence-corrected chi connectivity index (χ1v) is 6.78. The maximum Gasteiger partial charge on any atom is 0.0721 e. The molecule has 2 nitrogen and oxygen atoms in total. The van der Waals surface area contributed by atoms with Crippen LogP contribution < -0.4 is 5.32 Å². The Morgan fingerprint density at radius 2 is 2.24 bits per heavy atom. The summed E-state index contributed by atoms with van der Waals surface area (Å²) in [5.41, 5.74) is 4.04. The number of benzene rings is 1. The number of rotatable bonds is 3. The van der Waals surface area contributed by atoms with Crippen molar-refractivity contribution in [1.82, 2.24) is 5.32 Å². The van der Waals surface area contributed by atoms with Crippen LogP contribution in [0.2, 0.25) is 0 Å². The molecule has 1 aliphatic heterocycles. The van der Waals surface area contributed by atoms with Gasteiger partial charge in [-0.05, 0) is 33.5 Å². The molecule has 0 aliphatic carbocycles. The molecule has 0 radical (unpaired) electrons. The molecule has 88 valence electrons. The fourth-order valence-corrected chi connectivity index (χ4v) is 2.85. The number of hydrogen-bond donors (Lipinski definition) is 1. The molecule has 0 amide bonds. The van der Waals surface area contributed by atoms with E-state index in [1.165, 1.54) is 16.7 Å². The zero-order valence-electron chi connectivity index (χ0n) is 9.56. The Balaban J connectivity index is 1.72. The maximum atomic E-state index is 5.62. The van der Waals surface area contributed by atoms with Crippen LogP contribution in [-0.2, 0) is 17.9 Å². The van der Waals surface area contributed by atoms with Gasteiger partial charge >= 0.3 is 0 Å². The average molecular weight is 245 g/mol. The van der Waals surface area contributed by atoms with Crippen molar-refractivity contribution in [3.8, 4) is 0 Å². The van der Waals surface area contributed by atoms with Crippen LogP contribution in [-0.4, -0.2) is 6.61 Å². The predicted octanol–water partition coefficient (Wildman–Crippen LogP) is 3.11. The molecule has 1 aliphatic rings. The summed E-state index contributed by atoms with van der Waals surface area (Å²) >= 11 is 1.74. The highest BCUT2D eigenvalue weighted by Gasteiger charge is 2.19. The highest BCUT2D eigenvalue weighted by Crippen LogP contribution is 2.24. The Hall–Kier alpha value is -1.16. The third kappa shape index (κ3) is 2.41. The first-order valence-electron chi connectivity index (χ1n) is 5.83. The molecule has 1 unspecified atom stereocenters. The van der Waals surface area contributed by atoms with Gasteiger partial charge in [0.2, 0.25) is 0 Å². The number of ether oxygens (including phenoxy) is 1. The molecule has 0 saturated heterocycles. The fraction of sp³-hybridized carbons (Fsp3) is 0.286. The summed E-state index contributed by atoms with van der Waals surface area (Å²) in [5.74, 6) is 0. The molecule has 1 N–H and O–H groups in total. The van der Waals surface area contributed by atoms with E-state index >= 15 is 0 Å². The van der Waals surface area contributed by atoms with Crippen LogP contribution in [0.3, 0.4) is 0 Å². The van der Waals surface area contributed by atoms with E-state index in [-0.39, 0.29) is 0 Å². The number of hydrogen-bond acceptors (Lipinski definition) is 3. The van der Waals surface area contributed by atoms with Gasteiger partial charge in [-0.15, -0.1) is 0 Å². The van der Waals surface area contributed by atoms with Crippen LogP contribution >= 0.6 is 11.3 Å². The summed E-state index contributed by atoms with van der Waals surface area (Å²) < 4.78 is 5.62. The zero-order valence-corrected chi connectivity index (χ0v) is 10.4. The van der Waals surface area contributed by atoms with Crippen molar-refractivity contribution >= 4 is 11.3 Å². The minimum atomic E-state index is 0.319. The Kier molecular flexibility index (Phi) is 3.22. The van der Waals surface area contributed by atoms with Crippen molar-refractivity contribution in [3.05, 3.63) is 57.8 Å². The van der Waals surface area contributed by atoms with Crippen molar-refractivity contribution in [2.24, 2.45) is 0 Å². The molecule has 0 fully saturated rings. The van der Waals surface area contributed by atoms with Gasteiger partial charge in [0.1, 0.15) is 0 Å². The first kappa shape index (κ1) is 11.0. The van der Waals surface area contributed by atoms with E-state index in [1.807, 2.05) is 0 Å². The summed E-state index contributed by atoms with van der Waals surface area (Å²) in [6.07, 6.45) is 0. The molecule has 1 aromatic heterocycles. The van der Waals surface area contributed by atoms with Crippen molar-refractivity contribution in [2.75, 3.05) is 6.61 Å². The van der Waals surface area contributed by atoms with Crippen molar-refractivity contribution < 1.29 is 4.74 Å². The van der Waals surface area contributed by atoms with Crippen LogP contribution in [0.5, 0.6) is 0 Å². The van der Waals surface area contributed by atoms with Gasteiger partial charge in [0.05, 0.1) is 19.3 Å². The van der Waals surface area contributed by atoms with Gasteiger partial charge in [0, 0.05) is 6.54 Å². The molecule has 17 heavy (non-hydrogen) atoms. The highest BCUT2D eigenvalue weighted by molar-refractivity contribution is 7.07. The van der Waals surface area contributed by atoms with Crippen LogP contribution in [0.1, 0.15) is 22.7 Å². The molecule has 3 heteroatoms. The topological polar surface area (TPSA) is 21.3 Å². The van der Waals surface area contributed by atoms with E-state index in [0.29, 0.717) is 6.04 Å². The molecule has 1 aromatic carbocycles. The van der Waals surface area contributed by atoms with E-state index in [9.17, 15) is 0 Å². The largest absolute Gasteiger partial charge is 0.375 e. The summed E-state index contributed by atoms with van der Waals surface area (Å²) in [6.45, 7) is 2.42. The molecule has 1 atom stereocenters. The number of thiophene rings is 1. The molecule has 2 heterocycles. The fourth-order valence-electron chi connectivity index (χ4n) is 2.19. The lowest BCUT2D eigenvalue weighted by Gasteiger charge is -2.26. The van der Waals surface area contributed by atoms with Gasteiger partial charge in [0.25, 0.3) is 0 Å². The standard InChI is InChI=1S/C14H15NOS/c1-2-4-13-12(3-1)8-16-9-14(13)15-7-11-5-6-17-10-11/h1-6,10,14-15H,7-9H2. The molecule has 3 rings (SSSR count). The van der Waals surface area contributed by atoms with Crippen molar-refractivity contribution in [3.63, 3.8) is 0 Å². The molecule has 0 spiro atoms. The molecule has 0 saturated carbocycles. The van der Waals surface area contributed by atoms with Crippen molar-refractivity contribution in [2.45, 2.75) is 19.2 Å². The summed E-state index contributed by atoms with van der Waals surface area (Å²) in [4.78, 5) is 0. The normalized spacial score (nSPS) is 18.9. The third-order valence-electron chi connectivity index (χ3n) is 3.11.